The predicted molar refractivity (Wildman–Crippen MR) is 57.7 cm³/mol. The van der Waals surface area contributed by atoms with Crippen molar-refractivity contribution >= 4 is 9.84 Å². The van der Waals surface area contributed by atoms with E-state index in [0.717, 1.165) is 19.6 Å². The molecule has 0 aromatic heterocycles. The van der Waals surface area contributed by atoms with Gasteiger partial charge in [0.1, 0.15) is 0 Å². The summed E-state index contributed by atoms with van der Waals surface area (Å²) >= 11 is 0. The number of piperazine rings is 1. The van der Waals surface area contributed by atoms with Crippen LogP contribution >= 0.6 is 0 Å². The van der Waals surface area contributed by atoms with E-state index in [1.807, 2.05) is 0 Å². The monoisotopic (exact) mass is 234 g/mol. The Morgan fingerprint density at radius 2 is 2.27 bits per heavy atom. The molecule has 6 heteroatoms. The molecule has 88 valence electrons. The third kappa shape index (κ3) is 2.50. The molecular formula is C9H18N2O3S. The van der Waals surface area contributed by atoms with E-state index in [4.69, 9.17) is 4.74 Å². The van der Waals surface area contributed by atoms with Crippen LogP contribution in [0.3, 0.4) is 0 Å². The van der Waals surface area contributed by atoms with Crippen molar-refractivity contribution in [3.05, 3.63) is 0 Å². The smallest absolute Gasteiger partial charge is 0.153 e. The Kier molecular flexibility index (Phi) is 3.30. The number of hydrogen-bond acceptors (Lipinski definition) is 5. The van der Waals surface area contributed by atoms with Crippen LogP contribution in [0.5, 0.6) is 0 Å². The zero-order valence-corrected chi connectivity index (χ0v) is 9.79. The van der Waals surface area contributed by atoms with Crippen LogP contribution in [-0.2, 0) is 14.6 Å². The number of ether oxygens (including phenoxy) is 1. The topological polar surface area (TPSA) is 58.6 Å². The van der Waals surface area contributed by atoms with E-state index in [1.54, 1.807) is 7.11 Å². The summed E-state index contributed by atoms with van der Waals surface area (Å²) in [5.74, 6) is 0.593. The second kappa shape index (κ2) is 4.37. The molecule has 15 heavy (non-hydrogen) atoms. The van der Waals surface area contributed by atoms with Crippen molar-refractivity contribution in [2.24, 2.45) is 0 Å². The second-order valence-corrected chi connectivity index (χ2v) is 6.39. The molecule has 2 atom stereocenters. The van der Waals surface area contributed by atoms with Gasteiger partial charge in [0.05, 0.1) is 18.1 Å². The van der Waals surface area contributed by atoms with Crippen LogP contribution in [0.2, 0.25) is 0 Å². The molecule has 0 saturated carbocycles. The van der Waals surface area contributed by atoms with E-state index in [0.29, 0.717) is 18.1 Å². The molecule has 2 fully saturated rings. The molecule has 0 aromatic rings. The van der Waals surface area contributed by atoms with Crippen molar-refractivity contribution in [1.29, 1.82) is 0 Å². The standard InChI is InChI=1S/C9H18N2O3S/c1-14-5-4-11-3-2-10-8-6-15(12,13)7-9(8)11/h8-10H,2-7H2,1H3/t8-,9+/m0/s1. The van der Waals surface area contributed by atoms with Crippen LogP contribution in [0.15, 0.2) is 0 Å². The minimum Gasteiger partial charge on any atom is -0.383 e. The summed E-state index contributed by atoms with van der Waals surface area (Å²) < 4.78 is 28.1. The first-order chi connectivity index (χ1) is 7.12. The molecule has 2 aliphatic rings. The van der Waals surface area contributed by atoms with Crippen molar-refractivity contribution in [3.63, 3.8) is 0 Å². The lowest BCUT2D eigenvalue weighted by Gasteiger charge is -2.37. The van der Waals surface area contributed by atoms with E-state index in [1.165, 1.54) is 0 Å². The Bertz CT molecular complexity index is 317. The molecule has 0 aliphatic carbocycles. The summed E-state index contributed by atoms with van der Waals surface area (Å²) in [4.78, 5) is 2.23. The third-order valence-electron chi connectivity index (χ3n) is 3.18. The number of methoxy groups -OCH3 is 1. The molecule has 2 saturated heterocycles. The minimum atomic E-state index is -2.83. The molecule has 2 rings (SSSR count). The van der Waals surface area contributed by atoms with Gasteiger partial charge in [-0.1, -0.05) is 0 Å². The Labute approximate surface area is 90.7 Å². The SMILES string of the molecule is COCCN1CCN[C@H]2CS(=O)(=O)C[C@H]21. The van der Waals surface area contributed by atoms with Gasteiger partial charge in [0.2, 0.25) is 0 Å². The fraction of sp³-hybridized carbons (Fsp3) is 1.00. The predicted octanol–water partition coefficient (Wildman–Crippen LogP) is -1.30. The molecule has 1 N–H and O–H groups in total. The number of nitrogens with one attached hydrogen (secondary N) is 1. The second-order valence-electron chi connectivity index (χ2n) is 4.23. The van der Waals surface area contributed by atoms with Gasteiger partial charge < -0.3 is 10.1 Å². The van der Waals surface area contributed by atoms with Gasteiger partial charge in [-0.25, -0.2) is 8.42 Å². The van der Waals surface area contributed by atoms with Gasteiger partial charge in [0.15, 0.2) is 9.84 Å². The summed E-state index contributed by atoms with van der Waals surface area (Å²) in [6.45, 7) is 3.29. The summed E-state index contributed by atoms with van der Waals surface area (Å²) in [5, 5.41) is 3.28. The number of nitrogens with zero attached hydrogens (tertiary/aromatic N) is 1. The molecule has 2 aliphatic heterocycles. The largest absolute Gasteiger partial charge is 0.383 e. The van der Waals surface area contributed by atoms with Crippen molar-refractivity contribution in [1.82, 2.24) is 10.2 Å². The summed E-state index contributed by atoms with van der Waals surface area (Å²) in [5.41, 5.74) is 0. The molecule has 0 spiro atoms. The molecule has 0 aromatic carbocycles. The van der Waals surface area contributed by atoms with Gasteiger partial charge in [-0.2, -0.15) is 0 Å². The summed E-state index contributed by atoms with van der Waals surface area (Å²) in [6.07, 6.45) is 0. The summed E-state index contributed by atoms with van der Waals surface area (Å²) in [6, 6.07) is 0.277. The fourth-order valence-electron chi connectivity index (χ4n) is 2.43. The van der Waals surface area contributed by atoms with Crippen molar-refractivity contribution in [2.75, 3.05) is 44.9 Å². The normalized spacial score (nSPS) is 35.3. The average Bonchev–Trinajstić information content (AvgIpc) is 2.49. The highest BCUT2D eigenvalue weighted by Gasteiger charge is 2.42. The maximum absolute atomic E-state index is 11.5. The quantitative estimate of drug-likeness (QED) is 0.658. The van der Waals surface area contributed by atoms with Gasteiger partial charge in [-0.05, 0) is 0 Å². The van der Waals surface area contributed by atoms with E-state index < -0.39 is 9.84 Å². The van der Waals surface area contributed by atoms with Crippen molar-refractivity contribution in [2.45, 2.75) is 12.1 Å². The highest BCUT2D eigenvalue weighted by Crippen LogP contribution is 2.20. The van der Waals surface area contributed by atoms with Crippen LogP contribution in [0.4, 0.5) is 0 Å². The van der Waals surface area contributed by atoms with Crippen LogP contribution in [0.25, 0.3) is 0 Å². The Hall–Kier alpha value is -0.170. The number of rotatable bonds is 3. The van der Waals surface area contributed by atoms with Gasteiger partial charge in [0.25, 0.3) is 0 Å². The van der Waals surface area contributed by atoms with Crippen molar-refractivity contribution < 1.29 is 13.2 Å². The first kappa shape index (κ1) is 11.3. The maximum Gasteiger partial charge on any atom is 0.153 e. The van der Waals surface area contributed by atoms with Gasteiger partial charge in [0, 0.05) is 38.8 Å². The molecular weight excluding hydrogens is 216 g/mol. The number of sulfone groups is 1. The summed E-state index contributed by atoms with van der Waals surface area (Å²) in [7, 11) is -1.16. The van der Waals surface area contributed by atoms with E-state index in [-0.39, 0.29) is 12.1 Å². The minimum absolute atomic E-state index is 0.126. The van der Waals surface area contributed by atoms with Crippen LogP contribution in [-0.4, -0.2) is 70.3 Å². The highest BCUT2D eigenvalue weighted by molar-refractivity contribution is 7.91. The van der Waals surface area contributed by atoms with Gasteiger partial charge in [-0.15, -0.1) is 0 Å². The first-order valence-electron chi connectivity index (χ1n) is 5.29. The average molecular weight is 234 g/mol. The van der Waals surface area contributed by atoms with E-state index in [9.17, 15) is 8.42 Å². The lowest BCUT2D eigenvalue weighted by Crippen LogP contribution is -2.57. The molecule has 0 bridgehead atoms. The van der Waals surface area contributed by atoms with E-state index in [2.05, 4.69) is 10.2 Å². The lowest BCUT2D eigenvalue weighted by atomic mass is 10.1. The molecule has 0 radical (unpaired) electrons. The van der Waals surface area contributed by atoms with E-state index >= 15 is 0 Å². The molecule has 2 heterocycles. The Morgan fingerprint density at radius 3 is 3.00 bits per heavy atom. The number of fused-ring (bicyclic) bond motifs is 1. The van der Waals surface area contributed by atoms with Crippen LogP contribution in [0, 0.1) is 0 Å². The molecule has 5 nitrogen and oxygen atoms in total. The highest BCUT2D eigenvalue weighted by atomic mass is 32.2. The molecule has 0 unspecified atom stereocenters. The van der Waals surface area contributed by atoms with Gasteiger partial charge >= 0.3 is 0 Å². The zero-order chi connectivity index (χ0) is 10.9. The van der Waals surface area contributed by atoms with Crippen LogP contribution < -0.4 is 5.32 Å². The Balaban J connectivity index is 2.02. The van der Waals surface area contributed by atoms with Crippen molar-refractivity contribution in [3.8, 4) is 0 Å². The Morgan fingerprint density at radius 1 is 1.47 bits per heavy atom. The maximum atomic E-state index is 11.5. The molecule has 0 amide bonds. The lowest BCUT2D eigenvalue weighted by molar-refractivity contribution is 0.0981. The first-order valence-corrected chi connectivity index (χ1v) is 7.11. The third-order valence-corrected chi connectivity index (χ3v) is 4.90. The van der Waals surface area contributed by atoms with Gasteiger partial charge in [-0.3, -0.25) is 4.90 Å². The number of hydrogen-bond donors (Lipinski definition) is 1. The fourth-order valence-corrected chi connectivity index (χ4v) is 4.42. The zero-order valence-electron chi connectivity index (χ0n) is 8.98. The van der Waals surface area contributed by atoms with Crippen LogP contribution in [0.1, 0.15) is 0 Å².